The maximum Gasteiger partial charge on any atom is 0.126 e. The minimum absolute atomic E-state index is 0. The Labute approximate surface area is 93.0 Å². The van der Waals surface area contributed by atoms with Crippen molar-refractivity contribution in [1.29, 1.82) is 0 Å². The Morgan fingerprint density at radius 1 is 1.46 bits per heavy atom. The van der Waals surface area contributed by atoms with Crippen LogP contribution in [0, 0.1) is 6.92 Å². The summed E-state index contributed by atoms with van der Waals surface area (Å²) in [5.41, 5.74) is 7.70. The van der Waals surface area contributed by atoms with Gasteiger partial charge in [0.2, 0.25) is 0 Å². The van der Waals surface area contributed by atoms with Crippen molar-refractivity contribution in [1.82, 2.24) is 0 Å². The predicted molar refractivity (Wildman–Crippen MR) is 60.6 cm³/mol. The lowest BCUT2D eigenvalue weighted by Crippen LogP contribution is -2.01. The molecule has 0 bridgehead atoms. The standard InChI is InChI=1S/C9H12BrNO.ClH/c1-6-3-8(10)4-7(5-11)9(6)12-2;/h3-4H,5,11H2,1-2H3;1H. The summed E-state index contributed by atoms with van der Waals surface area (Å²) >= 11 is 3.41. The summed E-state index contributed by atoms with van der Waals surface area (Å²) in [5.74, 6) is 0.890. The largest absolute Gasteiger partial charge is 0.496 e. The maximum absolute atomic E-state index is 5.56. The summed E-state index contributed by atoms with van der Waals surface area (Å²) in [5, 5.41) is 0. The Morgan fingerprint density at radius 2 is 2.08 bits per heavy atom. The van der Waals surface area contributed by atoms with Crippen LogP contribution in [0.2, 0.25) is 0 Å². The second-order valence-corrected chi connectivity index (χ2v) is 3.53. The van der Waals surface area contributed by atoms with Crippen LogP contribution in [0.4, 0.5) is 0 Å². The van der Waals surface area contributed by atoms with Crippen molar-refractivity contribution in [3.05, 3.63) is 27.7 Å². The molecule has 4 heteroatoms. The van der Waals surface area contributed by atoms with Gasteiger partial charge < -0.3 is 10.5 Å². The number of hydrogen-bond donors (Lipinski definition) is 1. The van der Waals surface area contributed by atoms with Crippen LogP contribution in [0.3, 0.4) is 0 Å². The molecule has 0 radical (unpaired) electrons. The van der Waals surface area contributed by atoms with E-state index >= 15 is 0 Å². The molecule has 0 fully saturated rings. The van der Waals surface area contributed by atoms with Crippen molar-refractivity contribution < 1.29 is 4.74 Å². The van der Waals surface area contributed by atoms with Gasteiger partial charge in [-0.1, -0.05) is 15.9 Å². The first-order valence-electron chi connectivity index (χ1n) is 3.72. The number of benzene rings is 1. The van der Waals surface area contributed by atoms with E-state index in [-0.39, 0.29) is 12.4 Å². The Bertz CT molecular complexity index is 291. The molecule has 0 aliphatic carbocycles. The van der Waals surface area contributed by atoms with Crippen LogP contribution < -0.4 is 10.5 Å². The molecular weight excluding hydrogens is 253 g/mol. The molecule has 0 heterocycles. The number of rotatable bonds is 2. The zero-order valence-electron chi connectivity index (χ0n) is 7.63. The van der Waals surface area contributed by atoms with Crippen molar-refractivity contribution in [2.75, 3.05) is 7.11 Å². The van der Waals surface area contributed by atoms with E-state index in [0.29, 0.717) is 6.54 Å². The maximum atomic E-state index is 5.56. The molecule has 0 aliphatic heterocycles. The molecule has 1 aromatic rings. The number of aryl methyl sites for hydroxylation is 1. The zero-order chi connectivity index (χ0) is 9.14. The van der Waals surface area contributed by atoms with Gasteiger partial charge in [-0.05, 0) is 24.6 Å². The molecule has 1 rings (SSSR count). The van der Waals surface area contributed by atoms with E-state index < -0.39 is 0 Å². The fourth-order valence-corrected chi connectivity index (χ4v) is 1.86. The van der Waals surface area contributed by atoms with E-state index in [1.54, 1.807) is 7.11 Å². The molecule has 0 atom stereocenters. The van der Waals surface area contributed by atoms with Gasteiger partial charge in [0, 0.05) is 16.6 Å². The van der Waals surface area contributed by atoms with Crippen LogP contribution in [-0.4, -0.2) is 7.11 Å². The van der Waals surface area contributed by atoms with Crippen LogP contribution in [0.15, 0.2) is 16.6 Å². The van der Waals surface area contributed by atoms with Crippen molar-refractivity contribution in [2.24, 2.45) is 5.73 Å². The molecule has 0 aliphatic rings. The number of methoxy groups -OCH3 is 1. The smallest absolute Gasteiger partial charge is 0.126 e. The normalized spacial score (nSPS) is 9.23. The lowest BCUT2D eigenvalue weighted by atomic mass is 10.1. The molecule has 0 aromatic heterocycles. The molecule has 2 N–H and O–H groups in total. The third-order valence-corrected chi connectivity index (χ3v) is 2.20. The molecule has 0 saturated heterocycles. The fraction of sp³-hybridized carbons (Fsp3) is 0.333. The fourth-order valence-electron chi connectivity index (χ4n) is 1.24. The van der Waals surface area contributed by atoms with Gasteiger partial charge in [-0.15, -0.1) is 12.4 Å². The van der Waals surface area contributed by atoms with Crippen LogP contribution in [-0.2, 0) is 6.54 Å². The van der Waals surface area contributed by atoms with Crippen LogP contribution in [0.1, 0.15) is 11.1 Å². The summed E-state index contributed by atoms with van der Waals surface area (Å²) in [4.78, 5) is 0. The van der Waals surface area contributed by atoms with Crippen LogP contribution in [0.25, 0.3) is 0 Å². The Kier molecular flexibility index (Phi) is 5.37. The van der Waals surface area contributed by atoms with Gasteiger partial charge in [-0.3, -0.25) is 0 Å². The minimum Gasteiger partial charge on any atom is -0.496 e. The molecule has 74 valence electrons. The molecule has 0 saturated carbocycles. The highest BCUT2D eigenvalue weighted by atomic mass is 79.9. The van der Waals surface area contributed by atoms with Crippen LogP contribution >= 0.6 is 28.3 Å². The van der Waals surface area contributed by atoms with Gasteiger partial charge in [-0.2, -0.15) is 0 Å². The van der Waals surface area contributed by atoms with Crippen molar-refractivity contribution in [2.45, 2.75) is 13.5 Å². The number of nitrogens with two attached hydrogens (primary N) is 1. The van der Waals surface area contributed by atoms with Crippen LogP contribution in [0.5, 0.6) is 5.75 Å². The first-order valence-corrected chi connectivity index (χ1v) is 4.51. The monoisotopic (exact) mass is 265 g/mol. The number of hydrogen-bond acceptors (Lipinski definition) is 2. The number of halogens is 2. The second kappa shape index (κ2) is 5.47. The summed E-state index contributed by atoms with van der Waals surface area (Å²) in [6, 6.07) is 3.99. The average Bonchev–Trinajstić information content (AvgIpc) is 2.03. The lowest BCUT2D eigenvalue weighted by molar-refractivity contribution is 0.406. The molecule has 0 amide bonds. The van der Waals surface area contributed by atoms with E-state index in [0.717, 1.165) is 21.3 Å². The first kappa shape index (κ1) is 12.8. The molecule has 13 heavy (non-hydrogen) atoms. The molecule has 1 aromatic carbocycles. The summed E-state index contributed by atoms with van der Waals surface area (Å²) < 4.78 is 6.26. The predicted octanol–water partition coefficient (Wildman–Crippen LogP) is 2.65. The molecule has 2 nitrogen and oxygen atoms in total. The average molecular weight is 267 g/mol. The lowest BCUT2D eigenvalue weighted by Gasteiger charge is -2.10. The first-order chi connectivity index (χ1) is 5.69. The van der Waals surface area contributed by atoms with Gasteiger partial charge in [0.15, 0.2) is 0 Å². The number of ether oxygens (including phenoxy) is 1. The SMILES string of the molecule is COc1c(C)cc(Br)cc1CN.Cl. The Morgan fingerprint density at radius 3 is 2.54 bits per heavy atom. The van der Waals surface area contributed by atoms with Crippen molar-refractivity contribution in [3.63, 3.8) is 0 Å². The third kappa shape index (κ3) is 2.86. The van der Waals surface area contributed by atoms with Gasteiger partial charge in [-0.25, -0.2) is 0 Å². The topological polar surface area (TPSA) is 35.2 Å². The highest BCUT2D eigenvalue weighted by molar-refractivity contribution is 9.10. The zero-order valence-corrected chi connectivity index (χ0v) is 10.0. The van der Waals surface area contributed by atoms with E-state index in [9.17, 15) is 0 Å². The van der Waals surface area contributed by atoms with Gasteiger partial charge in [0.25, 0.3) is 0 Å². The van der Waals surface area contributed by atoms with Crippen molar-refractivity contribution >= 4 is 28.3 Å². The quantitative estimate of drug-likeness (QED) is 0.893. The van der Waals surface area contributed by atoms with E-state index in [2.05, 4.69) is 15.9 Å². The van der Waals surface area contributed by atoms with E-state index in [4.69, 9.17) is 10.5 Å². The minimum atomic E-state index is 0. The van der Waals surface area contributed by atoms with Crippen molar-refractivity contribution in [3.8, 4) is 5.75 Å². The molecule has 0 spiro atoms. The third-order valence-electron chi connectivity index (χ3n) is 1.74. The summed E-state index contributed by atoms with van der Waals surface area (Å²) in [7, 11) is 1.66. The summed E-state index contributed by atoms with van der Waals surface area (Å²) in [6.45, 7) is 2.51. The van der Waals surface area contributed by atoms with E-state index in [1.807, 2.05) is 19.1 Å². The van der Waals surface area contributed by atoms with Gasteiger partial charge >= 0.3 is 0 Å². The second-order valence-electron chi connectivity index (χ2n) is 2.62. The highest BCUT2D eigenvalue weighted by Crippen LogP contribution is 2.27. The van der Waals surface area contributed by atoms with Gasteiger partial charge in [0.05, 0.1) is 7.11 Å². The molecular formula is C9H13BrClNO. The van der Waals surface area contributed by atoms with Gasteiger partial charge in [0.1, 0.15) is 5.75 Å². The van der Waals surface area contributed by atoms with E-state index in [1.165, 1.54) is 0 Å². The Hall–Kier alpha value is -0.250. The highest BCUT2D eigenvalue weighted by Gasteiger charge is 2.05. The molecule has 0 unspecified atom stereocenters. The summed E-state index contributed by atoms with van der Waals surface area (Å²) in [6.07, 6.45) is 0. The Balaban J connectivity index is 0.00000144.